The Morgan fingerprint density at radius 1 is 1.38 bits per heavy atom. The molecular formula is C19H24N2O3. The Morgan fingerprint density at radius 2 is 2.17 bits per heavy atom. The molecule has 0 bridgehead atoms. The van der Waals surface area contributed by atoms with Crippen molar-refractivity contribution < 1.29 is 14.6 Å². The molecule has 0 radical (unpaired) electrons. The zero-order valence-corrected chi connectivity index (χ0v) is 14.2. The van der Waals surface area contributed by atoms with Crippen molar-refractivity contribution in [3.8, 4) is 0 Å². The summed E-state index contributed by atoms with van der Waals surface area (Å²) < 4.78 is 5.44. The van der Waals surface area contributed by atoms with Gasteiger partial charge in [-0.1, -0.05) is 11.6 Å². The van der Waals surface area contributed by atoms with Gasteiger partial charge in [-0.15, -0.1) is 0 Å². The van der Waals surface area contributed by atoms with Gasteiger partial charge in [0.25, 0.3) is 5.91 Å². The molecule has 2 aromatic rings. The Kier molecular flexibility index (Phi) is 5.11. The van der Waals surface area contributed by atoms with Gasteiger partial charge >= 0.3 is 0 Å². The number of aliphatic hydroxyl groups is 1. The molecule has 0 aliphatic heterocycles. The van der Waals surface area contributed by atoms with Crippen LogP contribution >= 0.6 is 0 Å². The predicted octanol–water partition coefficient (Wildman–Crippen LogP) is 2.37. The highest BCUT2D eigenvalue weighted by Crippen LogP contribution is 2.28. The average Bonchev–Trinajstić information content (AvgIpc) is 3.36. The fourth-order valence-electron chi connectivity index (χ4n) is 2.64. The molecule has 1 fully saturated rings. The number of aryl methyl sites for hydroxylation is 2. The zero-order valence-electron chi connectivity index (χ0n) is 14.2. The van der Waals surface area contributed by atoms with E-state index in [1.54, 1.807) is 0 Å². The van der Waals surface area contributed by atoms with Crippen LogP contribution in [0.25, 0.3) is 10.9 Å². The average molecular weight is 328 g/mol. The van der Waals surface area contributed by atoms with Gasteiger partial charge in [-0.05, 0) is 50.8 Å². The maximum absolute atomic E-state index is 12.4. The van der Waals surface area contributed by atoms with Crippen molar-refractivity contribution >= 4 is 16.8 Å². The van der Waals surface area contributed by atoms with Crippen molar-refractivity contribution in [2.24, 2.45) is 5.92 Å². The van der Waals surface area contributed by atoms with Crippen molar-refractivity contribution in [2.75, 3.05) is 19.8 Å². The molecule has 1 unspecified atom stereocenters. The minimum atomic E-state index is -0.691. The van der Waals surface area contributed by atoms with Crippen molar-refractivity contribution in [3.05, 3.63) is 41.1 Å². The van der Waals surface area contributed by atoms with Crippen LogP contribution in [0.1, 0.15) is 34.5 Å². The highest BCUT2D eigenvalue weighted by atomic mass is 16.5. The summed E-state index contributed by atoms with van der Waals surface area (Å²) in [6, 6.07) is 7.84. The lowest BCUT2D eigenvalue weighted by molar-refractivity contribution is 0.0320. The first-order valence-electron chi connectivity index (χ1n) is 8.45. The largest absolute Gasteiger partial charge is 0.389 e. The lowest BCUT2D eigenvalue weighted by Crippen LogP contribution is -2.35. The number of hydrogen-bond acceptors (Lipinski definition) is 4. The number of carbonyl (C=O) groups excluding carboxylic acids is 1. The molecule has 0 spiro atoms. The van der Waals surface area contributed by atoms with Crippen molar-refractivity contribution in [1.82, 2.24) is 10.3 Å². The number of fused-ring (bicyclic) bond motifs is 1. The summed E-state index contributed by atoms with van der Waals surface area (Å²) in [5.41, 5.74) is 3.23. The monoisotopic (exact) mass is 328 g/mol. The van der Waals surface area contributed by atoms with Crippen molar-refractivity contribution in [1.29, 1.82) is 0 Å². The van der Waals surface area contributed by atoms with Gasteiger partial charge in [0.2, 0.25) is 0 Å². The van der Waals surface area contributed by atoms with E-state index in [-0.39, 0.29) is 19.1 Å². The number of nitrogens with zero attached hydrogens (tertiary/aromatic N) is 1. The highest BCUT2D eigenvalue weighted by molar-refractivity contribution is 5.98. The van der Waals surface area contributed by atoms with Gasteiger partial charge in [-0.2, -0.15) is 0 Å². The van der Waals surface area contributed by atoms with E-state index in [2.05, 4.69) is 10.3 Å². The molecule has 5 nitrogen and oxygen atoms in total. The maximum atomic E-state index is 12.4. The Labute approximate surface area is 142 Å². The van der Waals surface area contributed by atoms with Crippen LogP contribution in [-0.4, -0.2) is 41.9 Å². The third-order valence-corrected chi connectivity index (χ3v) is 4.26. The van der Waals surface area contributed by atoms with Crippen LogP contribution in [0.15, 0.2) is 24.3 Å². The Bertz CT molecular complexity index is 741. The quantitative estimate of drug-likeness (QED) is 0.818. The molecule has 1 atom stereocenters. The van der Waals surface area contributed by atoms with E-state index < -0.39 is 6.10 Å². The first kappa shape index (κ1) is 16.9. The first-order valence-corrected chi connectivity index (χ1v) is 8.45. The first-order chi connectivity index (χ1) is 11.5. The second-order valence-electron chi connectivity index (χ2n) is 6.66. The molecule has 1 saturated carbocycles. The molecule has 1 heterocycles. The van der Waals surface area contributed by atoms with Crippen LogP contribution < -0.4 is 5.32 Å². The van der Waals surface area contributed by atoms with Gasteiger partial charge < -0.3 is 15.2 Å². The number of ether oxygens (including phenoxy) is 1. The lowest BCUT2D eigenvalue weighted by atomic mass is 10.1. The van der Waals surface area contributed by atoms with Gasteiger partial charge in [0.05, 0.1) is 29.5 Å². The molecule has 1 aromatic heterocycles. The standard InChI is InChI=1S/C19H24N2O3/c1-12-3-6-18-15(7-12)8-17(13(2)21-18)19(23)20-9-16(22)11-24-10-14-4-5-14/h3,6-8,14,16,22H,4-5,9-11H2,1-2H3,(H,20,23). The normalized spacial score (nSPS) is 15.5. The lowest BCUT2D eigenvalue weighted by Gasteiger charge is -2.13. The van der Waals surface area contributed by atoms with E-state index in [4.69, 9.17) is 4.74 Å². The predicted molar refractivity (Wildman–Crippen MR) is 93.1 cm³/mol. The number of hydrogen-bond donors (Lipinski definition) is 2. The van der Waals surface area contributed by atoms with E-state index >= 15 is 0 Å². The van der Waals surface area contributed by atoms with Crippen LogP contribution in [0.2, 0.25) is 0 Å². The fraction of sp³-hybridized carbons (Fsp3) is 0.474. The molecule has 24 heavy (non-hydrogen) atoms. The number of carbonyl (C=O) groups is 1. The summed E-state index contributed by atoms with van der Waals surface area (Å²) in [6.45, 7) is 4.97. The number of aromatic nitrogens is 1. The molecule has 0 saturated heterocycles. The van der Waals surface area contributed by atoms with Crippen LogP contribution in [0, 0.1) is 19.8 Å². The second kappa shape index (κ2) is 7.28. The van der Waals surface area contributed by atoms with Gasteiger partial charge in [0, 0.05) is 18.5 Å². The second-order valence-corrected chi connectivity index (χ2v) is 6.66. The number of aliphatic hydroxyl groups excluding tert-OH is 1. The summed E-state index contributed by atoms with van der Waals surface area (Å²) in [5.74, 6) is 0.450. The molecule has 128 valence electrons. The highest BCUT2D eigenvalue weighted by Gasteiger charge is 2.21. The Balaban J connectivity index is 1.59. The summed E-state index contributed by atoms with van der Waals surface area (Å²) in [5, 5.41) is 13.6. The number of rotatable bonds is 7. The zero-order chi connectivity index (χ0) is 17.1. The molecule has 1 aromatic carbocycles. The SMILES string of the molecule is Cc1ccc2nc(C)c(C(=O)NCC(O)COCC3CC3)cc2c1. The van der Waals surface area contributed by atoms with E-state index in [9.17, 15) is 9.90 Å². The smallest absolute Gasteiger partial charge is 0.253 e. The van der Waals surface area contributed by atoms with Crippen molar-refractivity contribution in [3.63, 3.8) is 0 Å². The minimum Gasteiger partial charge on any atom is -0.389 e. The number of pyridine rings is 1. The maximum Gasteiger partial charge on any atom is 0.253 e. The van der Waals surface area contributed by atoms with Gasteiger partial charge in [-0.3, -0.25) is 9.78 Å². The van der Waals surface area contributed by atoms with Gasteiger partial charge in [-0.25, -0.2) is 0 Å². The molecule has 2 N–H and O–H groups in total. The Hall–Kier alpha value is -1.98. The molecule has 1 amide bonds. The Morgan fingerprint density at radius 3 is 2.92 bits per heavy atom. The molecule has 3 rings (SSSR count). The third-order valence-electron chi connectivity index (χ3n) is 4.26. The number of nitrogens with one attached hydrogen (secondary N) is 1. The van der Waals surface area contributed by atoms with E-state index in [1.807, 2.05) is 38.1 Å². The van der Waals surface area contributed by atoms with Crippen LogP contribution in [0.5, 0.6) is 0 Å². The van der Waals surface area contributed by atoms with Crippen LogP contribution in [0.3, 0.4) is 0 Å². The van der Waals surface area contributed by atoms with E-state index in [0.29, 0.717) is 23.8 Å². The molecule has 5 heteroatoms. The molecule has 1 aliphatic carbocycles. The van der Waals surface area contributed by atoms with Crippen LogP contribution in [0.4, 0.5) is 0 Å². The summed E-state index contributed by atoms with van der Waals surface area (Å²) in [7, 11) is 0. The van der Waals surface area contributed by atoms with Gasteiger partial charge in [0.15, 0.2) is 0 Å². The fourth-order valence-corrected chi connectivity index (χ4v) is 2.64. The minimum absolute atomic E-state index is 0.175. The van der Waals surface area contributed by atoms with Gasteiger partial charge in [0.1, 0.15) is 0 Å². The van der Waals surface area contributed by atoms with Crippen LogP contribution in [-0.2, 0) is 4.74 Å². The summed E-state index contributed by atoms with van der Waals surface area (Å²) in [4.78, 5) is 16.9. The number of amides is 1. The third kappa shape index (κ3) is 4.30. The summed E-state index contributed by atoms with van der Waals surface area (Å²) in [6.07, 6.45) is 1.75. The van der Waals surface area contributed by atoms with E-state index in [1.165, 1.54) is 12.8 Å². The molecule has 1 aliphatic rings. The summed E-state index contributed by atoms with van der Waals surface area (Å²) >= 11 is 0. The molecular weight excluding hydrogens is 304 g/mol. The topological polar surface area (TPSA) is 71.5 Å². The van der Waals surface area contributed by atoms with E-state index in [0.717, 1.165) is 16.5 Å². The number of benzene rings is 1. The van der Waals surface area contributed by atoms with Crippen molar-refractivity contribution in [2.45, 2.75) is 32.8 Å².